The van der Waals surface area contributed by atoms with Crippen LogP contribution in [-0.2, 0) is 14.8 Å². The van der Waals surface area contributed by atoms with E-state index in [0.717, 1.165) is 38.6 Å². The summed E-state index contributed by atoms with van der Waals surface area (Å²) in [6, 6.07) is 6.95. The van der Waals surface area contributed by atoms with Crippen LogP contribution in [0.1, 0.15) is 44.1 Å². The molecule has 2 heterocycles. The summed E-state index contributed by atoms with van der Waals surface area (Å²) in [7, 11) is -3.47. The molecule has 142 valence electrons. The predicted octanol–water partition coefficient (Wildman–Crippen LogP) is 1.24. The molecule has 0 saturated carbocycles. The number of nitrogens with zero attached hydrogens (tertiary/aromatic N) is 2. The first-order chi connectivity index (χ1) is 12.5. The molecule has 26 heavy (non-hydrogen) atoms. The van der Waals surface area contributed by atoms with Gasteiger partial charge < -0.3 is 10.6 Å². The van der Waals surface area contributed by atoms with Gasteiger partial charge in [0.1, 0.15) is 5.84 Å². The van der Waals surface area contributed by atoms with Gasteiger partial charge in [-0.05, 0) is 37.8 Å². The number of aliphatic imine (C=N–C) groups is 1. The Kier molecular flexibility index (Phi) is 5.93. The third kappa shape index (κ3) is 4.42. The molecule has 1 aromatic carbocycles. The van der Waals surface area contributed by atoms with Gasteiger partial charge in [0.25, 0.3) is 10.0 Å². The van der Waals surface area contributed by atoms with E-state index in [1.807, 2.05) is 4.90 Å². The summed E-state index contributed by atoms with van der Waals surface area (Å²) < 4.78 is 26.5. The molecule has 2 aliphatic rings. The van der Waals surface area contributed by atoms with E-state index < -0.39 is 10.0 Å². The second-order valence-corrected chi connectivity index (χ2v) is 8.54. The van der Waals surface area contributed by atoms with Crippen molar-refractivity contribution in [3.63, 3.8) is 0 Å². The van der Waals surface area contributed by atoms with Crippen molar-refractivity contribution in [3.8, 4) is 0 Å². The van der Waals surface area contributed by atoms with E-state index in [1.54, 1.807) is 24.3 Å². The summed E-state index contributed by atoms with van der Waals surface area (Å²) in [4.78, 5) is 18.7. The maximum atomic E-state index is 12.2. The van der Waals surface area contributed by atoms with Crippen LogP contribution in [0.15, 0.2) is 34.2 Å². The molecule has 2 aliphatic heterocycles. The fraction of sp³-hybridized carbons (Fsp3) is 0.556. The van der Waals surface area contributed by atoms with E-state index in [4.69, 9.17) is 5.73 Å². The molecule has 3 N–H and O–H groups in total. The molecule has 0 aliphatic carbocycles. The quantitative estimate of drug-likeness (QED) is 0.727. The zero-order valence-electron chi connectivity index (χ0n) is 14.9. The fourth-order valence-electron chi connectivity index (χ4n) is 3.40. The highest BCUT2D eigenvalue weighted by molar-refractivity contribution is 7.90. The standard InChI is InChI=1S/C18H26N4O3S/c19-14-7-6-12-22(13-14)17(23)10-2-1-5-11-20-18-15-8-3-4-9-16(15)26(24,25)21-18/h3-4,8-9,14H,1-2,5-7,10-13,19H2,(H,20,21). The van der Waals surface area contributed by atoms with Gasteiger partial charge in [0.05, 0.1) is 4.90 Å². The number of carbonyl (C=O) groups is 1. The Morgan fingerprint density at radius 1 is 1.27 bits per heavy atom. The average Bonchev–Trinajstić information content (AvgIpc) is 2.89. The molecule has 1 atom stereocenters. The maximum Gasteiger partial charge on any atom is 0.263 e. The Balaban J connectivity index is 1.41. The molecule has 1 amide bonds. The molecule has 0 aromatic heterocycles. The molecule has 0 bridgehead atoms. The summed E-state index contributed by atoms with van der Waals surface area (Å²) in [5, 5.41) is 0. The van der Waals surface area contributed by atoms with Crippen LogP contribution in [0.3, 0.4) is 0 Å². The van der Waals surface area contributed by atoms with Gasteiger partial charge in [-0.3, -0.25) is 14.5 Å². The maximum absolute atomic E-state index is 12.2. The molecular weight excluding hydrogens is 352 g/mol. The summed E-state index contributed by atoms with van der Waals surface area (Å²) >= 11 is 0. The van der Waals surface area contributed by atoms with Crippen molar-refractivity contribution >= 4 is 21.8 Å². The lowest BCUT2D eigenvalue weighted by molar-refractivity contribution is -0.132. The Morgan fingerprint density at radius 2 is 2.08 bits per heavy atom. The summed E-state index contributed by atoms with van der Waals surface area (Å²) in [5.74, 6) is 0.600. The van der Waals surface area contributed by atoms with E-state index in [-0.39, 0.29) is 16.8 Å². The van der Waals surface area contributed by atoms with Gasteiger partial charge in [-0.15, -0.1) is 0 Å². The number of amides is 1. The van der Waals surface area contributed by atoms with Crippen molar-refractivity contribution in [2.24, 2.45) is 10.7 Å². The lowest BCUT2D eigenvalue weighted by atomic mass is 10.1. The fourth-order valence-corrected chi connectivity index (χ4v) is 4.65. The predicted molar refractivity (Wildman–Crippen MR) is 100 cm³/mol. The molecule has 8 heteroatoms. The van der Waals surface area contributed by atoms with Gasteiger partial charge in [-0.2, -0.15) is 0 Å². The third-order valence-electron chi connectivity index (χ3n) is 4.79. The number of nitrogens with one attached hydrogen (secondary N) is 1. The minimum absolute atomic E-state index is 0.113. The minimum Gasteiger partial charge on any atom is -0.341 e. The van der Waals surface area contributed by atoms with Gasteiger partial charge in [-0.1, -0.05) is 18.6 Å². The van der Waals surface area contributed by atoms with E-state index in [9.17, 15) is 13.2 Å². The highest BCUT2D eigenvalue weighted by Crippen LogP contribution is 2.22. The van der Waals surface area contributed by atoms with E-state index >= 15 is 0 Å². The molecule has 0 radical (unpaired) electrons. The van der Waals surface area contributed by atoms with Crippen molar-refractivity contribution in [3.05, 3.63) is 29.8 Å². The van der Waals surface area contributed by atoms with Crippen molar-refractivity contribution in [2.45, 2.75) is 49.5 Å². The van der Waals surface area contributed by atoms with Crippen LogP contribution >= 0.6 is 0 Å². The SMILES string of the molecule is NC1CCCN(C(=O)CCCCCN=C2NS(=O)(=O)c3ccccc32)C1. The highest BCUT2D eigenvalue weighted by Gasteiger charge is 2.29. The van der Waals surface area contributed by atoms with Crippen LogP contribution in [0.4, 0.5) is 0 Å². The first-order valence-corrected chi connectivity index (χ1v) is 10.7. The van der Waals surface area contributed by atoms with E-state index in [1.165, 1.54) is 0 Å². The number of rotatable bonds is 6. The molecule has 7 nitrogen and oxygen atoms in total. The van der Waals surface area contributed by atoms with E-state index in [2.05, 4.69) is 9.71 Å². The molecule has 1 aromatic rings. The topological polar surface area (TPSA) is 105 Å². The van der Waals surface area contributed by atoms with Crippen LogP contribution in [0, 0.1) is 0 Å². The molecule has 1 saturated heterocycles. The summed E-state index contributed by atoms with van der Waals surface area (Å²) in [6.45, 7) is 2.03. The molecule has 1 fully saturated rings. The van der Waals surface area contributed by atoms with Crippen molar-refractivity contribution in [1.29, 1.82) is 0 Å². The number of fused-ring (bicyclic) bond motifs is 1. The van der Waals surface area contributed by atoms with Gasteiger partial charge in [-0.25, -0.2) is 8.42 Å². The van der Waals surface area contributed by atoms with Crippen LogP contribution in [0.5, 0.6) is 0 Å². The third-order valence-corrected chi connectivity index (χ3v) is 6.19. The lowest BCUT2D eigenvalue weighted by Crippen LogP contribution is -2.45. The van der Waals surface area contributed by atoms with Gasteiger partial charge >= 0.3 is 0 Å². The molecule has 3 rings (SSSR count). The number of sulfonamides is 1. The average molecular weight is 378 g/mol. The molecule has 1 unspecified atom stereocenters. The molecular formula is C18H26N4O3S. The lowest BCUT2D eigenvalue weighted by Gasteiger charge is -2.30. The number of piperidine rings is 1. The highest BCUT2D eigenvalue weighted by atomic mass is 32.2. The number of amidine groups is 1. The van der Waals surface area contributed by atoms with Gasteiger partial charge in [0, 0.05) is 37.7 Å². The zero-order chi connectivity index (χ0) is 18.6. The summed E-state index contributed by atoms with van der Waals surface area (Å²) in [5.41, 5.74) is 6.54. The van der Waals surface area contributed by atoms with E-state index in [0.29, 0.717) is 30.9 Å². The number of benzene rings is 1. The number of unbranched alkanes of at least 4 members (excludes halogenated alkanes) is 2. The van der Waals surface area contributed by atoms with Crippen molar-refractivity contribution in [1.82, 2.24) is 9.62 Å². The number of hydrogen-bond acceptors (Lipinski definition) is 5. The zero-order valence-corrected chi connectivity index (χ0v) is 15.7. The first-order valence-electron chi connectivity index (χ1n) is 9.17. The second-order valence-electron chi connectivity index (χ2n) is 6.88. The van der Waals surface area contributed by atoms with Gasteiger partial charge in [0.2, 0.25) is 5.91 Å². The number of carbonyl (C=O) groups excluding carboxylic acids is 1. The number of nitrogens with two attached hydrogens (primary N) is 1. The number of likely N-dealkylation sites (tertiary alicyclic amines) is 1. The van der Waals surface area contributed by atoms with Gasteiger partial charge in [0.15, 0.2) is 0 Å². The minimum atomic E-state index is -3.47. The monoisotopic (exact) mass is 378 g/mol. The van der Waals surface area contributed by atoms with Crippen LogP contribution in [-0.4, -0.2) is 50.7 Å². The molecule has 0 spiro atoms. The van der Waals surface area contributed by atoms with Crippen molar-refractivity contribution in [2.75, 3.05) is 19.6 Å². The number of hydrogen-bond donors (Lipinski definition) is 2. The Labute approximate surface area is 154 Å². The Morgan fingerprint density at radius 3 is 2.88 bits per heavy atom. The normalized spacial score (nSPS) is 22.9. The Hall–Kier alpha value is -1.93. The largest absolute Gasteiger partial charge is 0.341 e. The van der Waals surface area contributed by atoms with Crippen LogP contribution in [0.25, 0.3) is 0 Å². The van der Waals surface area contributed by atoms with Crippen molar-refractivity contribution < 1.29 is 13.2 Å². The Bertz CT molecular complexity index is 791. The summed E-state index contributed by atoms with van der Waals surface area (Å²) in [6.07, 6.45) is 5.05. The first kappa shape index (κ1) is 18.8. The smallest absolute Gasteiger partial charge is 0.263 e. The van der Waals surface area contributed by atoms with Crippen LogP contribution < -0.4 is 10.5 Å². The second kappa shape index (κ2) is 8.18. The van der Waals surface area contributed by atoms with Crippen LogP contribution in [0.2, 0.25) is 0 Å².